The van der Waals surface area contributed by atoms with Crippen molar-refractivity contribution >= 4 is 5.82 Å². The van der Waals surface area contributed by atoms with Crippen molar-refractivity contribution in [1.82, 2.24) is 5.16 Å². The van der Waals surface area contributed by atoms with Gasteiger partial charge in [-0.2, -0.15) is 0 Å². The summed E-state index contributed by atoms with van der Waals surface area (Å²) in [7, 11) is 0. The van der Waals surface area contributed by atoms with Gasteiger partial charge in [-0.3, -0.25) is 0 Å². The zero-order valence-electron chi connectivity index (χ0n) is 8.95. The normalized spacial score (nSPS) is 10.5. The number of benzene rings is 1. The van der Waals surface area contributed by atoms with Crippen molar-refractivity contribution in [3.8, 4) is 11.1 Å². The Morgan fingerprint density at radius 3 is 2.73 bits per heavy atom. The van der Waals surface area contributed by atoms with Gasteiger partial charge in [-0.05, 0) is 18.1 Å². The first kappa shape index (κ1) is 9.77. The Morgan fingerprint density at radius 2 is 2.07 bits per heavy atom. The Balaban J connectivity index is 2.63. The summed E-state index contributed by atoms with van der Waals surface area (Å²) in [6.45, 7) is 4.09. The molecule has 15 heavy (non-hydrogen) atoms. The molecule has 3 nitrogen and oxygen atoms in total. The Kier molecular flexibility index (Phi) is 2.46. The molecule has 3 heteroatoms. The summed E-state index contributed by atoms with van der Waals surface area (Å²) in [4.78, 5) is 0. The molecular formula is C12H14N2O. The van der Waals surface area contributed by atoms with Crippen molar-refractivity contribution in [3.05, 3.63) is 35.6 Å². The highest BCUT2D eigenvalue weighted by Crippen LogP contribution is 2.31. The molecule has 2 N–H and O–H groups in total. The van der Waals surface area contributed by atoms with Crippen LogP contribution in [0.5, 0.6) is 0 Å². The predicted molar refractivity (Wildman–Crippen MR) is 60.5 cm³/mol. The van der Waals surface area contributed by atoms with Gasteiger partial charge in [-0.25, -0.2) is 0 Å². The molecule has 78 valence electrons. The van der Waals surface area contributed by atoms with Crippen molar-refractivity contribution < 1.29 is 4.52 Å². The van der Waals surface area contributed by atoms with Gasteiger partial charge in [-0.1, -0.05) is 36.3 Å². The van der Waals surface area contributed by atoms with Gasteiger partial charge in [0.1, 0.15) is 5.76 Å². The number of nitrogen functional groups attached to an aromatic ring is 1. The highest BCUT2D eigenvalue weighted by molar-refractivity contribution is 5.77. The lowest BCUT2D eigenvalue weighted by Crippen LogP contribution is -1.91. The van der Waals surface area contributed by atoms with Gasteiger partial charge in [0.15, 0.2) is 5.82 Å². The standard InChI is InChI=1S/C12H14N2O/c1-3-10-11(12(13)14-15-10)9-7-5-4-6-8(9)2/h4-7H,3H2,1-2H3,(H2,13,14). The quantitative estimate of drug-likeness (QED) is 0.814. The molecule has 0 saturated heterocycles. The Labute approximate surface area is 88.9 Å². The number of nitrogens with zero attached hydrogens (tertiary/aromatic N) is 1. The fraction of sp³-hybridized carbons (Fsp3) is 0.250. The summed E-state index contributed by atoms with van der Waals surface area (Å²) < 4.78 is 5.18. The van der Waals surface area contributed by atoms with E-state index in [2.05, 4.69) is 18.1 Å². The van der Waals surface area contributed by atoms with Gasteiger partial charge in [-0.15, -0.1) is 0 Å². The summed E-state index contributed by atoms with van der Waals surface area (Å²) in [5.74, 6) is 1.32. The highest BCUT2D eigenvalue weighted by atomic mass is 16.5. The van der Waals surface area contributed by atoms with E-state index in [0.29, 0.717) is 5.82 Å². The van der Waals surface area contributed by atoms with Crippen molar-refractivity contribution in [2.45, 2.75) is 20.3 Å². The largest absolute Gasteiger partial charge is 0.380 e. The maximum atomic E-state index is 5.81. The number of rotatable bonds is 2. The number of hydrogen-bond donors (Lipinski definition) is 1. The van der Waals surface area contributed by atoms with Gasteiger partial charge in [0.2, 0.25) is 0 Å². The molecule has 2 aromatic rings. The average molecular weight is 202 g/mol. The summed E-state index contributed by atoms with van der Waals surface area (Å²) in [5, 5.41) is 3.81. The van der Waals surface area contributed by atoms with Crippen LogP contribution in [0.25, 0.3) is 11.1 Å². The third-order valence-corrected chi connectivity index (χ3v) is 2.52. The molecule has 2 rings (SSSR count). The molecule has 1 aromatic heterocycles. The molecule has 0 aliphatic carbocycles. The molecule has 0 fully saturated rings. The van der Waals surface area contributed by atoms with E-state index in [1.807, 2.05) is 25.1 Å². The number of nitrogens with two attached hydrogens (primary N) is 1. The molecule has 1 aromatic carbocycles. The van der Waals surface area contributed by atoms with E-state index in [-0.39, 0.29) is 0 Å². The number of anilines is 1. The van der Waals surface area contributed by atoms with Crippen molar-refractivity contribution in [3.63, 3.8) is 0 Å². The van der Waals surface area contributed by atoms with E-state index < -0.39 is 0 Å². The summed E-state index contributed by atoms with van der Waals surface area (Å²) in [6, 6.07) is 8.10. The van der Waals surface area contributed by atoms with Crippen molar-refractivity contribution in [2.24, 2.45) is 0 Å². The average Bonchev–Trinajstić information content (AvgIpc) is 2.60. The zero-order chi connectivity index (χ0) is 10.8. The minimum absolute atomic E-state index is 0.473. The number of hydrogen-bond acceptors (Lipinski definition) is 3. The molecule has 0 aliphatic heterocycles. The second kappa shape index (κ2) is 3.77. The molecular weight excluding hydrogens is 188 g/mol. The second-order valence-corrected chi connectivity index (χ2v) is 3.53. The Hall–Kier alpha value is -1.77. The summed E-state index contributed by atoms with van der Waals surface area (Å²) in [6.07, 6.45) is 0.799. The monoisotopic (exact) mass is 202 g/mol. The smallest absolute Gasteiger partial charge is 0.175 e. The molecule has 0 radical (unpaired) electrons. The SMILES string of the molecule is CCc1onc(N)c1-c1ccccc1C. The summed E-state index contributed by atoms with van der Waals surface area (Å²) in [5.41, 5.74) is 9.04. The minimum Gasteiger partial charge on any atom is -0.380 e. The van der Waals surface area contributed by atoms with Crippen molar-refractivity contribution in [1.29, 1.82) is 0 Å². The Bertz CT molecular complexity index is 474. The van der Waals surface area contributed by atoms with Gasteiger partial charge in [0.25, 0.3) is 0 Å². The van der Waals surface area contributed by atoms with E-state index in [0.717, 1.165) is 23.3 Å². The zero-order valence-corrected chi connectivity index (χ0v) is 8.95. The van der Waals surface area contributed by atoms with Crippen LogP contribution in [0.2, 0.25) is 0 Å². The molecule has 0 atom stereocenters. The highest BCUT2D eigenvalue weighted by Gasteiger charge is 2.15. The lowest BCUT2D eigenvalue weighted by molar-refractivity contribution is 0.390. The van der Waals surface area contributed by atoms with Crippen LogP contribution in [0.15, 0.2) is 28.8 Å². The van der Waals surface area contributed by atoms with Crippen LogP contribution in [0.4, 0.5) is 5.82 Å². The van der Waals surface area contributed by atoms with Gasteiger partial charge in [0, 0.05) is 6.42 Å². The lowest BCUT2D eigenvalue weighted by Gasteiger charge is -2.04. The van der Waals surface area contributed by atoms with E-state index in [1.165, 1.54) is 5.56 Å². The van der Waals surface area contributed by atoms with Gasteiger partial charge in [0.05, 0.1) is 5.56 Å². The van der Waals surface area contributed by atoms with E-state index in [4.69, 9.17) is 10.3 Å². The third kappa shape index (κ3) is 1.61. The fourth-order valence-electron chi connectivity index (χ4n) is 1.72. The molecule has 1 heterocycles. The minimum atomic E-state index is 0.473. The second-order valence-electron chi connectivity index (χ2n) is 3.53. The number of aromatic nitrogens is 1. The van der Waals surface area contributed by atoms with Crippen LogP contribution >= 0.6 is 0 Å². The maximum Gasteiger partial charge on any atom is 0.175 e. The van der Waals surface area contributed by atoms with Crippen LogP contribution in [-0.4, -0.2) is 5.16 Å². The van der Waals surface area contributed by atoms with Crippen molar-refractivity contribution in [2.75, 3.05) is 5.73 Å². The molecule has 0 saturated carbocycles. The van der Waals surface area contributed by atoms with Crippen LogP contribution in [0, 0.1) is 6.92 Å². The summed E-state index contributed by atoms with van der Waals surface area (Å²) >= 11 is 0. The molecule has 0 amide bonds. The lowest BCUT2D eigenvalue weighted by atomic mass is 10.00. The van der Waals surface area contributed by atoms with Crippen LogP contribution in [0.1, 0.15) is 18.2 Å². The van der Waals surface area contributed by atoms with Gasteiger partial charge >= 0.3 is 0 Å². The van der Waals surface area contributed by atoms with E-state index in [1.54, 1.807) is 0 Å². The predicted octanol–water partition coefficient (Wildman–Crippen LogP) is 2.79. The molecule has 0 spiro atoms. The first-order chi connectivity index (χ1) is 7.24. The molecule has 0 bridgehead atoms. The van der Waals surface area contributed by atoms with Crippen LogP contribution < -0.4 is 5.73 Å². The fourth-order valence-corrected chi connectivity index (χ4v) is 1.72. The topological polar surface area (TPSA) is 52.0 Å². The van der Waals surface area contributed by atoms with E-state index in [9.17, 15) is 0 Å². The first-order valence-electron chi connectivity index (χ1n) is 5.04. The molecule has 0 unspecified atom stereocenters. The van der Waals surface area contributed by atoms with Crippen LogP contribution in [-0.2, 0) is 6.42 Å². The third-order valence-electron chi connectivity index (χ3n) is 2.52. The van der Waals surface area contributed by atoms with Gasteiger partial charge < -0.3 is 10.3 Å². The number of aryl methyl sites for hydroxylation is 2. The Morgan fingerprint density at radius 1 is 1.33 bits per heavy atom. The maximum absolute atomic E-state index is 5.81. The van der Waals surface area contributed by atoms with Crippen LogP contribution in [0.3, 0.4) is 0 Å². The molecule has 0 aliphatic rings. The first-order valence-corrected chi connectivity index (χ1v) is 5.04. The van der Waals surface area contributed by atoms with E-state index >= 15 is 0 Å².